The van der Waals surface area contributed by atoms with Crippen LogP contribution in [0.1, 0.15) is 18.4 Å². The Morgan fingerprint density at radius 1 is 1.43 bits per heavy atom. The van der Waals surface area contributed by atoms with Gasteiger partial charge in [-0.25, -0.2) is 18.4 Å². The summed E-state index contributed by atoms with van der Waals surface area (Å²) in [5.74, 6) is -1.29. The summed E-state index contributed by atoms with van der Waals surface area (Å²) >= 11 is 0. The number of rotatable bonds is 4. The van der Waals surface area contributed by atoms with Crippen LogP contribution in [0, 0.1) is 11.6 Å². The highest BCUT2D eigenvalue weighted by Gasteiger charge is 2.44. The summed E-state index contributed by atoms with van der Waals surface area (Å²) in [6.45, 7) is 0.119. The van der Waals surface area contributed by atoms with Crippen molar-refractivity contribution in [2.45, 2.75) is 31.1 Å². The molecule has 1 fully saturated rings. The van der Waals surface area contributed by atoms with Gasteiger partial charge < -0.3 is 9.84 Å². The number of hydrogen-bond donors (Lipinski definition) is 1. The van der Waals surface area contributed by atoms with E-state index < -0.39 is 17.2 Å². The third kappa shape index (κ3) is 2.66. The van der Waals surface area contributed by atoms with Crippen LogP contribution >= 0.6 is 0 Å². The maximum Gasteiger partial charge on any atom is 0.137 e. The van der Waals surface area contributed by atoms with Gasteiger partial charge in [-0.1, -0.05) is 6.07 Å². The molecule has 2 heterocycles. The molecule has 0 bridgehead atoms. The third-order valence-corrected chi connectivity index (χ3v) is 3.77. The minimum absolute atomic E-state index is 0.137. The standard InChI is InChI=1S/C14H15F2N3O2/c15-10-1-2-12(13(16)5-10)14(4-3-11(6-20)21-14)7-19-9-17-8-18-19/h1-2,5,8-9,11,20H,3-4,6-7H2/t11-,14+/m1/s1. The second kappa shape index (κ2) is 5.50. The summed E-state index contributed by atoms with van der Waals surface area (Å²) in [4.78, 5) is 3.86. The number of nitrogens with zero attached hydrogens (tertiary/aromatic N) is 3. The summed E-state index contributed by atoms with van der Waals surface area (Å²) in [5.41, 5.74) is -0.700. The second-order valence-corrected chi connectivity index (χ2v) is 5.17. The fourth-order valence-corrected chi connectivity index (χ4v) is 2.79. The zero-order chi connectivity index (χ0) is 14.9. The predicted octanol–water partition coefficient (Wildman–Crippen LogP) is 1.62. The number of aromatic nitrogens is 3. The average Bonchev–Trinajstić information content (AvgIpc) is 3.09. The van der Waals surface area contributed by atoms with Gasteiger partial charge >= 0.3 is 0 Å². The number of halogens is 2. The molecule has 1 aliphatic rings. The predicted molar refractivity (Wildman–Crippen MR) is 69.3 cm³/mol. The third-order valence-electron chi connectivity index (χ3n) is 3.77. The van der Waals surface area contributed by atoms with Crippen molar-refractivity contribution in [3.8, 4) is 0 Å². The Morgan fingerprint density at radius 2 is 2.29 bits per heavy atom. The van der Waals surface area contributed by atoms with Gasteiger partial charge in [-0.15, -0.1) is 0 Å². The number of benzene rings is 1. The van der Waals surface area contributed by atoms with Gasteiger partial charge in [0.2, 0.25) is 0 Å². The molecule has 1 saturated heterocycles. The molecular weight excluding hydrogens is 280 g/mol. The highest BCUT2D eigenvalue weighted by molar-refractivity contribution is 5.26. The Labute approximate surface area is 120 Å². The van der Waals surface area contributed by atoms with Gasteiger partial charge in [0, 0.05) is 11.6 Å². The molecule has 0 saturated carbocycles. The van der Waals surface area contributed by atoms with Crippen molar-refractivity contribution in [3.05, 3.63) is 48.1 Å². The summed E-state index contributed by atoms with van der Waals surface area (Å²) in [6.07, 6.45) is 3.65. The largest absolute Gasteiger partial charge is 0.394 e. The lowest BCUT2D eigenvalue weighted by molar-refractivity contribution is -0.0766. The monoisotopic (exact) mass is 295 g/mol. The molecule has 112 valence electrons. The topological polar surface area (TPSA) is 60.2 Å². The molecule has 0 unspecified atom stereocenters. The molecule has 5 nitrogen and oxygen atoms in total. The molecule has 0 amide bonds. The summed E-state index contributed by atoms with van der Waals surface area (Å²) in [6, 6.07) is 3.44. The molecule has 1 aliphatic heterocycles. The summed E-state index contributed by atoms with van der Waals surface area (Å²) < 4.78 is 34.7. The zero-order valence-electron chi connectivity index (χ0n) is 11.2. The van der Waals surface area contributed by atoms with E-state index in [4.69, 9.17) is 4.74 Å². The van der Waals surface area contributed by atoms with E-state index in [1.165, 1.54) is 24.8 Å². The van der Waals surface area contributed by atoms with Gasteiger partial charge in [0.1, 0.15) is 29.9 Å². The van der Waals surface area contributed by atoms with E-state index in [-0.39, 0.29) is 24.8 Å². The molecule has 1 aromatic heterocycles. The van der Waals surface area contributed by atoms with Gasteiger partial charge in [0.15, 0.2) is 0 Å². The molecule has 1 N–H and O–H groups in total. The molecule has 21 heavy (non-hydrogen) atoms. The normalized spacial score (nSPS) is 25.4. The van der Waals surface area contributed by atoms with Crippen LogP contribution in [-0.2, 0) is 16.9 Å². The fourth-order valence-electron chi connectivity index (χ4n) is 2.79. The Hall–Kier alpha value is -1.86. The fraction of sp³-hybridized carbons (Fsp3) is 0.429. The molecular formula is C14H15F2N3O2. The minimum atomic E-state index is -0.973. The van der Waals surface area contributed by atoms with Gasteiger partial charge in [-0.2, -0.15) is 5.10 Å². The first-order valence-corrected chi connectivity index (χ1v) is 6.69. The van der Waals surface area contributed by atoms with E-state index in [1.54, 1.807) is 4.68 Å². The zero-order valence-corrected chi connectivity index (χ0v) is 11.2. The lowest BCUT2D eigenvalue weighted by Gasteiger charge is -2.30. The van der Waals surface area contributed by atoms with Crippen molar-refractivity contribution in [3.63, 3.8) is 0 Å². The molecule has 2 atom stereocenters. The molecule has 3 rings (SSSR count). The first kappa shape index (κ1) is 14.1. The maximum absolute atomic E-state index is 14.2. The second-order valence-electron chi connectivity index (χ2n) is 5.17. The van der Waals surface area contributed by atoms with E-state index in [9.17, 15) is 13.9 Å². The van der Waals surface area contributed by atoms with Crippen LogP contribution in [0.25, 0.3) is 0 Å². The van der Waals surface area contributed by atoms with Crippen molar-refractivity contribution in [1.82, 2.24) is 14.8 Å². The Bertz CT molecular complexity index is 621. The van der Waals surface area contributed by atoms with Gasteiger partial charge in [-0.3, -0.25) is 0 Å². The quantitative estimate of drug-likeness (QED) is 0.931. The Balaban J connectivity index is 1.99. The van der Waals surface area contributed by atoms with Crippen LogP contribution < -0.4 is 0 Å². The Kier molecular flexibility index (Phi) is 3.69. The van der Waals surface area contributed by atoms with Crippen LogP contribution in [0.3, 0.4) is 0 Å². The van der Waals surface area contributed by atoms with Crippen LogP contribution in [-0.4, -0.2) is 32.6 Å². The number of ether oxygens (including phenoxy) is 1. The Morgan fingerprint density at radius 3 is 2.90 bits per heavy atom. The molecule has 7 heteroatoms. The molecule has 1 aromatic carbocycles. The van der Waals surface area contributed by atoms with Crippen LogP contribution in [0.5, 0.6) is 0 Å². The maximum atomic E-state index is 14.2. The van der Waals surface area contributed by atoms with E-state index in [1.807, 2.05) is 0 Å². The van der Waals surface area contributed by atoms with Crippen LogP contribution in [0.4, 0.5) is 8.78 Å². The average molecular weight is 295 g/mol. The highest BCUT2D eigenvalue weighted by atomic mass is 19.1. The van der Waals surface area contributed by atoms with Crippen LogP contribution in [0.2, 0.25) is 0 Å². The number of hydrogen-bond acceptors (Lipinski definition) is 4. The van der Waals surface area contributed by atoms with E-state index in [0.29, 0.717) is 12.8 Å². The van der Waals surface area contributed by atoms with Gasteiger partial charge in [0.05, 0.1) is 19.3 Å². The lowest BCUT2D eigenvalue weighted by atomic mass is 9.90. The molecule has 0 radical (unpaired) electrons. The van der Waals surface area contributed by atoms with E-state index >= 15 is 0 Å². The summed E-state index contributed by atoms with van der Waals surface area (Å²) in [5, 5.41) is 13.3. The first-order valence-electron chi connectivity index (χ1n) is 6.69. The van der Waals surface area contributed by atoms with E-state index in [2.05, 4.69) is 10.1 Å². The van der Waals surface area contributed by atoms with Crippen molar-refractivity contribution in [2.24, 2.45) is 0 Å². The first-order chi connectivity index (χ1) is 10.1. The van der Waals surface area contributed by atoms with Crippen molar-refractivity contribution >= 4 is 0 Å². The van der Waals surface area contributed by atoms with Gasteiger partial charge in [-0.05, 0) is 18.9 Å². The smallest absolute Gasteiger partial charge is 0.137 e. The molecule has 2 aromatic rings. The summed E-state index contributed by atoms with van der Waals surface area (Å²) in [7, 11) is 0. The minimum Gasteiger partial charge on any atom is -0.394 e. The van der Waals surface area contributed by atoms with Crippen LogP contribution in [0.15, 0.2) is 30.9 Å². The molecule has 0 aliphatic carbocycles. The number of aliphatic hydroxyl groups excluding tert-OH is 1. The van der Waals surface area contributed by atoms with Crippen molar-refractivity contribution in [2.75, 3.05) is 6.61 Å². The highest BCUT2D eigenvalue weighted by Crippen LogP contribution is 2.41. The SMILES string of the molecule is OC[C@H]1CC[C@](Cn2cncn2)(c2ccc(F)cc2F)O1. The molecule has 0 spiro atoms. The van der Waals surface area contributed by atoms with Crippen molar-refractivity contribution in [1.29, 1.82) is 0 Å². The lowest BCUT2D eigenvalue weighted by Crippen LogP contribution is -2.34. The van der Waals surface area contributed by atoms with Gasteiger partial charge in [0.25, 0.3) is 0 Å². The van der Waals surface area contributed by atoms with Crippen molar-refractivity contribution < 1.29 is 18.6 Å². The number of aliphatic hydroxyl groups is 1. The van der Waals surface area contributed by atoms with E-state index in [0.717, 1.165) is 6.07 Å².